The van der Waals surface area contributed by atoms with Crippen molar-refractivity contribution in [3.63, 3.8) is 0 Å². The van der Waals surface area contributed by atoms with E-state index in [9.17, 15) is 0 Å². The molecule has 3 heterocycles. The zero-order chi connectivity index (χ0) is 13.1. The van der Waals surface area contributed by atoms with Gasteiger partial charge in [0.2, 0.25) is 0 Å². The second-order valence-electron chi connectivity index (χ2n) is 4.41. The second-order valence-corrected chi connectivity index (χ2v) is 5.41. The molecule has 1 aliphatic rings. The molecule has 0 fully saturated rings. The van der Waals surface area contributed by atoms with Gasteiger partial charge in [-0.3, -0.25) is 4.90 Å². The average molecular weight is 274 g/mol. The maximum absolute atomic E-state index is 8.67. The van der Waals surface area contributed by atoms with Gasteiger partial charge < -0.3 is 9.67 Å². The van der Waals surface area contributed by atoms with Crippen LogP contribution in [0.25, 0.3) is 0 Å². The molecule has 0 atom stereocenters. The van der Waals surface area contributed by atoms with Crippen LogP contribution in [0.2, 0.25) is 0 Å². The molecule has 3 rings (SSSR count). The molecule has 5 nitrogen and oxygen atoms in total. The van der Waals surface area contributed by atoms with Gasteiger partial charge in [0.05, 0.1) is 6.54 Å². The van der Waals surface area contributed by atoms with Crippen molar-refractivity contribution in [1.82, 2.24) is 19.7 Å². The Morgan fingerprint density at radius 1 is 1.42 bits per heavy atom. The molecule has 0 saturated carbocycles. The molecule has 0 amide bonds. The summed E-state index contributed by atoms with van der Waals surface area (Å²) in [4.78, 5) is 3.65. The highest BCUT2D eigenvalue weighted by atomic mass is 32.1. The summed E-state index contributed by atoms with van der Waals surface area (Å²) in [5, 5.41) is 18.8. The lowest BCUT2D eigenvalue weighted by molar-refractivity contribution is 0.210. The molecule has 0 saturated heterocycles. The summed E-state index contributed by atoms with van der Waals surface area (Å²) in [6.45, 7) is 3.63. The number of fused-ring (bicyclic) bond motifs is 1. The van der Waals surface area contributed by atoms with Crippen LogP contribution in [0.3, 0.4) is 0 Å². The van der Waals surface area contributed by atoms with Gasteiger partial charge in [-0.2, -0.15) is 0 Å². The summed E-state index contributed by atoms with van der Waals surface area (Å²) in [6, 6.07) is 2.09. The molecule has 0 aromatic carbocycles. The molecule has 2 aromatic heterocycles. The van der Waals surface area contributed by atoms with Gasteiger partial charge in [-0.25, -0.2) is 0 Å². The minimum Gasteiger partial charge on any atom is -0.384 e. The Labute approximate surface area is 115 Å². The standard InChI is InChI=1S/C13H14N4OS/c18-5-1-2-11-6-12(19-9-11)7-16-3-4-17-10-14-15-13(17)8-16/h6,9-10,18H,3-5,7-8H2. The monoisotopic (exact) mass is 274 g/mol. The number of aliphatic hydroxyl groups is 1. The number of aromatic nitrogens is 3. The molecule has 0 aliphatic carbocycles. The largest absolute Gasteiger partial charge is 0.384 e. The van der Waals surface area contributed by atoms with Crippen molar-refractivity contribution in [2.75, 3.05) is 13.2 Å². The van der Waals surface area contributed by atoms with Crippen LogP contribution in [0.1, 0.15) is 16.3 Å². The molecule has 0 radical (unpaired) electrons. The minimum atomic E-state index is -0.0903. The first-order valence-electron chi connectivity index (χ1n) is 6.11. The van der Waals surface area contributed by atoms with Crippen molar-refractivity contribution in [2.45, 2.75) is 19.6 Å². The number of hydrogen-bond acceptors (Lipinski definition) is 5. The fourth-order valence-electron chi connectivity index (χ4n) is 2.14. The fraction of sp³-hybridized carbons (Fsp3) is 0.385. The summed E-state index contributed by atoms with van der Waals surface area (Å²) in [7, 11) is 0. The Hall–Kier alpha value is -1.68. The normalized spacial score (nSPS) is 14.8. The lowest BCUT2D eigenvalue weighted by atomic mass is 10.3. The van der Waals surface area contributed by atoms with Crippen LogP contribution in [0.15, 0.2) is 17.8 Å². The highest BCUT2D eigenvalue weighted by Crippen LogP contribution is 2.19. The Morgan fingerprint density at radius 3 is 3.26 bits per heavy atom. The Kier molecular flexibility index (Phi) is 3.60. The smallest absolute Gasteiger partial charge is 0.147 e. The van der Waals surface area contributed by atoms with Crippen molar-refractivity contribution in [3.8, 4) is 11.8 Å². The van der Waals surface area contributed by atoms with Gasteiger partial charge in [0.25, 0.3) is 0 Å². The van der Waals surface area contributed by atoms with Crippen LogP contribution in [0, 0.1) is 11.8 Å². The van der Waals surface area contributed by atoms with Crippen LogP contribution >= 0.6 is 11.3 Å². The SMILES string of the molecule is OCC#Cc1csc(CN2CCn3cnnc3C2)c1. The third-order valence-corrected chi connectivity index (χ3v) is 3.98. The molecular weight excluding hydrogens is 260 g/mol. The third-order valence-electron chi connectivity index (χ3n) is 3.06. The number of hydrogen-bond donors (Lipinski definition) is 1. The first kappa shape index (κ1) is 12.4. The van der Waals surface area contributed by atoms with Crippen molar-refractivity contribution in [2.24, 2.45) is 0 Å². The lowest BCUT2D eigenvalue weighted by Gasteiger charge is -2.26. The highest BCUT2D eigenvalue weighted by molar-refractivity contribution is 7.10. The molecule has 0 spiro atoms. The second kappa shape index (κ2) is 5.53. The van der Waals surface area contributed by atoms with E-state index in [4.69, 9.17) is 5.11 Å². The molecular formula is C13H14N4OS. The number of rotatable bonds is 2. The number of thiophene rings is 1. The van der Waals surface area contributed by atoms with Gasteiger partial charge in [0.15, 0.2) is 0 Å². The van der Waals surface area contributed by atoms with E-state index in [1.165, 1.54) is 4.88 Å². The fourth-order valence-corrected chi connectivity index (χ4v) is 3.00. The van der Waals surface area contributed by atoms with Gasteiger partial charge in [0, 0.05) is 35.5 Å². The number of nitrogens with zero attached hydrogens (tertiary/aromatic N) is 4. The van der Waals surface area contributed by atoms with Crippen LogP contribution in [0.5, 0.6) is 0 Å². The van der Waals surface area contributed by atoms with Crippen LogP contribution in [-0.4, -0.2) is 37.9 Å². The van der Waals surface area contributed by atoms with Gasteiger partial charge in [-0.05, 0) is 6.07 Å². The van der Waals surface area contributed by atoms with Gasteiger partial charge >= 0.3 is 0 Å². The van der Waals surface area contributed by atoms with E-state index in [2.05, 4.69) is 37.6 Å². The minimum absolute atomic E-state index is 0.0903. The van der Waals surface area contributed by atoms with E-state index in [1.807, 2.05) is 5.38 Å². The lowest BCUT2D eigenvalue weighted by Crippen LogP contribution is -2.32. The topological polar surface area (TPSA) is 54.2 Å². The molecule has 6 heteroatoms. The molecule has 0 unspecified atom stereocenters. The molecule has 19 heavy (non-hydrogen) atoms. The average Bonchev–Trinajstić information content (AvgIpc) is 3.05. The zero-order valence-electron chi connectivity index (χ0n) is 10.4. The van der Waals surface area contributed by atoms with E-state index in [0.29, 0.717) is 0 Å². The van der Waals surface area contributed by atoms with Crippen molar-refractivity contribution in [1.29, 1.82) is 0 Å². The van der Waals surface area contributed by atoms with E-state index in [-0.39, 0.29) is 6.61 Å². The summed E-state index contributed by atoms with van der Waals surface area (Å²) in [5.41, 5.74) is 0.981. The Balaban J connectivity index is 1.65. The summed E-state index contributed by atoms with van der Waals surface area (Å²) >= 11 is 1.71. The third kappa shape index (κ3) is 2.84. The molecule has 1 aliphatic heterocycles. The van der Waals surface area contributed by atoms with Crippen molar-refractivity contribution < 1.29 is 5.11 Å². The quantitative estimate of drug-likeness (QED) is 0.819. The molecule has 2 aromatic rings. The van der Waals surface area contributed by atoms with Gasteiger partial charge in [-0.1, -0.05) is 11.8 Å². The molecule has 98 valence electrons. The van der Waals surface area contributed by atoms with Crippen LogP contribution < -0.4 is 0 Å². The maximum Gasteiger partial charge on any atom is 0.147 e. The first-order valence-corrected chi connectivity index (χ1v) is 6.99. The summed E-state index contributed by atoms with van der Waals surface area (Å²) in [6.07, 6.45) is 1.79. The van der Waals surface area contributed by atoms with Gasteiger partial charge in [-0.15, -0.1) is 21.5 Å². The Morgan fingerprint density at radius 2 is 2.37 bits per heavy atom. The van der Waals surface area contributed by atoms with E-state index in [1.54, 1.807) is 17.7 Å². The molecule has 1 N–H and O–H groups in total. The first-order chi connectivity index (χ1) is 9.35. The summed E-state index contributed by atoms with van der Waals surface area (Å²) in [5.74, 6) is 6.63. The summed E-state index contributed by atoms with van der Waals surface area (Å²) < 4.78 is 2.10. The highest BCUT2D eigenvalue weighted by Gasteiger charge is 2.17. The van der Waals surface area contributed by atoms with Crippen LogP contribution in [0.4, 0.5) is 0 Å². The van der Waals surface area contributed by atoms with Crippen LogP contribution in [-0.2, 0) is 19.6 Å². The predicted molar refractivity (Wildman–Crippen MR) is 72.4 cm³/mol. The van der Waals surface area contributed by atoms with E-state index in [0.717, 1.165) is 37.6 Å². The Bertz CT molecular complexity index is 622. The zero-order valence-corrected chi connectivity index (χ0v) is 11.2. The number of aliphatic hydroxyl groups excluding tert-OH is 1. The predicted octanol–water partition coefficient (Wildman–Crippen LogP) is 0.699. The molecule has 0 bridgehead atoms. The maximum atomic E-state index is 8.67. The van der Waals surface area contributed by atoms with Crippen molar-refractivity contribution in [3.05, 3.63) is 34.0 Å². The van der Waals surface area contributed by atoms with E-state index >= 15 is 0 Å². The van der Waals surface area contributed by atoms with Gasteiger partial charge in [0.1, 0.15) is 18.8 Å². The van der Waals surface area contributed by atoms with E-state index < -0.39 is 0 Å². The van der Waals surface area contributed by atoms with Crippen molar-refractivity contribution >= 4 is 11.3 Å².